The minimum absolute atomic E-state index is 0.375. The number of rotatable bonds is 7. The van der Waals surface area contributed by atoms with Crippen molar-refractivity contribution in [3.63, 3.8) is 0 Å². The first kappa shape index (κ1) is 18.5. The Hall–Kier alpha value is -1.85. The highest BCUT2D eigenvalue weighted by atomic mass is 16.6. The second-order valence-electron chi connectivity index (χ2n) is 7.10. The Balaban J connectivity index is 1.45. The highest BCUT2D eigenvalue weighted by molar-refractivity contribution is 5.82. The van der Waals surface area contributed by atoms with Crippen LogP contribution in [-0.2, 0) is 4.74 Å². The van der Waals surface area contributed by atoms with E-state index in [-0.39, 0.29) is 6.61 Å². The molecule has 148 valence electrons. The van der Waals surface area contributed by atoms with E-state index in [0.29, 0.717) is 17.0 Å². The summed E-state index contributed by atoms with van der Waals surface area (Å²) in [7, 11) is 0. The number of hydrogen-bond donors (Lipinski definition) is 4. The Morgan fingerprint density at radius 2 is 1.96 bits per heavy atom. The number of imidazole rings is 1. The standard InChI is InChI=1S/C17H26N6O4/c24-8-11-13(25)14(26)17(27-11)23-10-21-12-15(19-9-20-16(12)23)18-4-3-7-22-5-1-2-6-22/h9-11,13-14,17,24-26H,1-8H2,(H,18,19,20)/t11-,13-,14-,17-/m1/s1. The largest absolute Gasteiger partial charge is 0.394 e. The van der Waals surface area contributed by atoms with E-state index in [0.717, 1.165) is 19.5 Å². The van der Waals surface area contributed by atoms with Crippen LogP contribution < -0.4 is 5.32 Å². The minimum Gasteiger partial charge on any atom is -0.394 e. The first-order valence-electron chi connectivity index (χ1n) is 9.45. The molecule has 2 fully saturated rings. The zero-order chi connectivity index (χ0) is 18.8. The molecule has 0 saturated carbocycles. The quantitative estimate of drug-likeness (QED) is 0.464. The molecule has 0 aliphatic carbocycles. The normalized spacial score (nSPS) is 29.0. The lowest BCUT2D eigenvalue weighted by Gasteiger charge is -2.16. The molecule has 2 aromatic rings. The molecule has 4 atom stereocenters. The van der Waals surface area contributed by atoms with Crippen molar-refractivity contribution in [1.82, 2.24) is 24.4 Å². The third-order valence-electron chi connectivity index (χ3n) is 5.29. The molecular weight excluding hydrogens is 352 g/mol. The molecule has 2 aliphatic rings. The van der Waals surface area contributed by atoms with Gasteiger partial charge in [-0.1, -0.05) is 0 Å². The highest BCUT2D eigenvalue weighted by Crippen LogP contribution is 2.32. The van der Waals surface area contributed by atoms with Crippen LogP contribution in [0.25, 0.3) is 11.2 Å². The lowest BCUT2D eigenvalue weighted by Crippen LogP contribution is -2.33. The van der Waals surface area contributed by atoms with Crippen molar-refractivity contribution in [1.29, 1.82) is 0 Å². The van der Waals surface area contributed by atoms with E-state index in [2.05, 4.69) is 25.2 Å². The van der Waals surface area contributed by atoms with E-state index in [1.54, 1.807) is 4.57 Å². The third-order valence-corrected chi connectivity index (χ3v) is 5.29. The molecule has 27 heavy (non-hydrogen) atoms. The molecule has 2 aliphatic heterocycles. The summed E-state index contributed by atoms with van der Waals surface area (Å²) < 4.78 is 7.14. The lowest BCUT2D eigenvalue weighted by molar-refractivity contribution is -0.0511. The van der Waals surface area contributed by atoms with Gasteiger partial charge in [-0.2, -0.15) is 0 Å². The van der Waals surface area contributed by atoms with Gasteiger partial charge in [0.05, 0.1) is 12.9 Å². The SMILES string of the molecule is OC[C@H]1O[C@@H](n2cnc3c(NCCCN4CCCC4)ncnc32)[C@H](O)[C@@H]1O. The van der Waals surface area contributed by atoms with Gasteiger partial charge in [0.1, 0.15) is 24.6 Å². The minimum atomic E-state index is -1.17. The van der Waals surface area contributed by atoms with Gasteiger partial charge in [0, 0.05) is 6.54 Å². The fraction of sp³-hybridized carbons (Fsp3) is 0.706. The number of nitrogens with one attached hydrogen (secondary N) is 1. The molecule has 0 amide bonds. The summed E-state index contributed by atoms with van der Waals surface area (Å²) in [4.78, 5) is 15.4. The Kier molecular flexibility index (Phi) is 5.50. The second-order valence-corrected chi connectivity index (χ2v) is 7.10. The number of likely N-dealkylation sites (tertiary alicyclic amines) is 1. The van der Waals surface area contributed by atoms with Crippen molar-refractivity contribution in [2.24, 2.45) is 0 Å². The molecular formula is C17H26N6O4. The molecule has 4 heterocycles. The third kappa shape index (κ3) is 3.63. The van der Waals surface area contributed by atoms with Gasteiger partial charge in [-0.15, -0.1) is 0 Å². The van der Waals surface area contributed by atoms with Gasteiger partial charge >= 0.3 is 0 Å². The van der Waals surface area contributed by atoms with E-state index < -0.39 is 24.5 Å². The summed E-state index contributed by atoms with van der Waals surface area (Å²) in [6, 6.07) is 0. The summed E-state index contributed by atoms with van der Waals surface area (Å²) in [6.45, 7) is 3.85. The summed E-state index contributed by atoms with van der Waals surface area (Å²) in [5, 5.41) is 32.8. The average Bonchev–Trinajstić information content (AvgIpc) is 3.40. The van der Waals surface area contributed by atoms with Crippen LogP contribution >= 0.6 is 0 Å². The van der Waals surface area contributed by atoms with Crippen molar-refractivity contribution in [2.75, 3.05) is 38.1 Å². The van der Waals surface area contributed by atoms with Crippen LogP contribution in [0.2, 0.25) is 0 Å². The summed E-state index contributed by atoms with van der Waals surface area (Å²) >= 11 is 0. The van der Waals surface area contributed by atoms with Crippen LogP contribution in [0.3, 0.4) is 0 Å². The predicted octanol–water partition coefficient (Wildman–Crippen LogP) is -0.664. The molecule has 10 nitrogen and oxygen atoms in total. The summed E-state index contributed by atoms with van der Waals surface area (Å²) in [6.07, 6.45) is 2.50. The lowest BCUT2D eigenvalue weighted by atomic mass is 10.1. The Labute approximate surface area is 156 Å². The summed E-state index contributed by atoms with van der Waals surface area (Å²) in [5.41, 5.74) is 1.08. The van der Waals surface area contributed by atoms with Crippen LogP contribution in [0, 0.1) is 0 Å². The molecule has 4 rings (SSSR count). The fourth-order valence-corrected chi connectivity index (χ4v) is 3.79. The molecule has 0 unspecified atom stereocenters. The summed E-state index contributed by atoms with van der Waals surface area (Å²) in [5.74, 6) is 0.631. The van der Waals surface area contributed by atoms with Crippen molar-refractivity contribution in [2.45, 2.75) is 43.8 Å². The first-order valence-corrected chi connectivity index (χ1v) is 9.45. The van der Waals surface area contributed by atoms with Gasteiger partial charge in [0.2, 0.25) is 0 Å². The van der Waals surface area contributed by atoms with Crippen LogP contribution in [0.4, 0.5) is 5.82 Å². The van der Waals surface area contributed by atoms with E-state index >= 15 is 0 Å². The monoisotopic (exact) mass is 378 g/mol. The van der Waals surface area contributed by atoms with Crippen molar-refractivity contribution in [3.05, 3.63) is 12.7 Å². The van der Waals surface area contributed by atoms with Crippen LogP contribution in [0.5, 0.6) is 0 Å². The van der Waals surface area contributed by atoms with Gasteiger partial charge in [0.25, 0.3) is 0 Å². The molecule has 0 radical (unpaired) electrons. The van der Waals surface area contributed by atoms with Gasteiger partial charge in [0.15, 0.2) is 23.2 Å². The zero-order valence-electron chi connectivity index (χ0n) is 15.1. The number of fused-ring (bicyclic) bond motifs is 1. The maximum Gasteiger partial charge on any atom is 0.167 e. The molecule has 4 N–H and O–H groups in total. The average molecular weight is 378 g/mol. The van der Waals surface area contributed by atoms with Gasteiger partial charge in [-0.3, -0.25) is 4.57 Å². The van der Waals surface area contributed by atoms with Crippen molar-refractivity contribution in [3.8, 4) is 0 Å². The zero-order valence-corrected chi connectivity index (χ0v) is 15.1. The number of ether oxygens (including phenoxy) is 1. The van der Waals surface area contributed by atoms with Crippen LogP contribution in [-0.4, -0.2) is 90.8 Å². The number of aliphatic hydroxyl groups is 3. The molecule has 0 aromatic carbocycles. The predicted molar refractivity (Wildman–Crippen MR) is 97.1 cm³/mol. The van der Waals surface area contributed by atoms with E-state index in [4.69, 9.17) is 4.74 Å². The number of aromatic nitrogens is 4. The smallest absolute Gasteiger partial charge is 0.167 e. The Morgan fingerprint density at radius 3 is 2.70 bits per heavy atom. The highest BCUT2D eigenvalue weighted by Gasteiger charge is 2.44. The first-order chi connectivity index (χ1) is 13.2. The van der Waals surface area contributed by atoms with E-state index in [1.807, 2.05) is 0 Å². The van der Waals surface area contributed by atoms with Crippen LogP contribution in [0.1, 0.15) is 25.5 Å². The molecule has 2 saturated heterocycles. The maximum absolute atomic E-state index is 10.2. The molecule has 0 spiro atoms. The van der Waals surface area contributed by atoms with Gasteiger partial charge in [-0.05, 0) is 38.9 Å². The van der Waals surface area contributed by atoms with E-state index in [1.165, 1.54) is 38.6 Å². The Morgan fingerprint density at radius 1 is 1.15 bits per heavy atom. The fourth-order valence-electron chi connectivity index (χ4n) is 3.79. The maximum atomic E-state index is 10.2. The second kappa shape index (κ2) is 8.03. The number of anilines is 1. The molecule has 10 heteroatoms. The van der Waals surface area contributed by atoms with E-state index in [9.17, 15) is 15.3 Å². The molecule has 0 bridgehead atoms. The van der Waals surface area contributed by atoms with Gasteiger partial charge in [-0.25, -0.2) is 15.0 Å². The molecule has 2 aromatic heterocycles. The van der Waals surface area contributed by atoms with Crippen molar-refractivity contribution < 1.29 is 20.1 Å². The Bertz CT molecular complexity index is 765. The topological polar surface area (TPSA) is 129 Å². The van der Waals surface area contributed by atoms with Gasteiger partial charge < -0.3 is 30.3 Å². The number of aliphatic hydroxyl groups excluding tert-OH is 3. The number of nitrogens with zero attached hydrogens (tertiary/aromatic N) is 5. The number of hydrogen-bond acceptors (Lipinski definition) is 9. The van der Waals surface area contributed by atoms with Crippen LogP contribution in [0.15, 0.2) is 12.7 Å². The van der Waals surface area contributed by atoms with Crippen molar-refractivity contribution >= 4 is 17.0 Å².